The van der Waals surface area contributed by atoms with Gasteiger partial charge in [0.2, 0.25) is 0 Å². The molecule has 1 aromatic heterocycles. The predicted octanol–water partition coefficient (Wildman–Crippen LogP) is 1.80. The Bertz CT molecular complexity index is 363. The van der Waals surface area contributed by atoms with Crippen LogP contribution in [-0.4, -0.2) is 23.6 Å². The highest BCUT2D eigenvalue weighted by Crippen LogP contribution is 2.16. The van der Waals surface area contributed by atoms with Gasteiger partial charge in [-0.25, -0.2) is 4.98 Å². The first-order chi connectivity index (χ1) is 7.54. The maximum atomic E-state index is 11.4. The van der Waals surface area contributed by atoms with Crippen molar-refractivity contribution in [3.8, 4) is 0 Å². The molecule has 0 radical (unpaired) electrons. The fourth-order valence-corrected chi connectivity index (χ4v) is 2.22. The topological polar surface area (TPSA) is 51.2 Å². The van der Waals surface area contributed by atoms with Crippen LogP contribution in [0.15, 0.2) is 0 Å². The molecule has 1 aromatic rings. The molecule has 4 nitrogen and oxygen atoms in total. The molecular formula is C11H18N2O2S. The number of nitrogens with zero attached hydrogens (tertiary/aromatic N) is 1. The molecule has 0 saturated carbocycles. The summed E-state index contributed by atoms with van der Waals surface area (Å²) in [5.41, 5.74) is 1.03. The third kappa shape index (κ3) is 3.57. The normalized spacial score (nSPS) is 12.5. The number of thiazole rings is 1. The predicted molar refractivity (Wildman–Crippen MR) is 64.5 cm³/mol. The van der Waals surface area contributed by atoms with E-state index in [1.807, 2.05) is 13.8 Å². The van der Waals surface area contributed by atoms with Gasteiger partial charge in [-0.3, -0.25) is 10.1 Å². The number of hydrogen-bond acceptors (Lipinski definition) is 5. The van der Waals surface area contributed by atoms with Crippen LogP contribution in [0.5, 0.6) is 0 Å². The number of hydrogen-bond donors (Lipinski definition) is 1. The van der Waals surface area contributed by atoms with E-state index in [9.17, 15) is 4.79 Å². The Balaban J connectivity index is 2.45. The highest BCUT2D eigenvalue weighted by atomic mass is 32.1. The van der Waals surface area contributed by atoms with Gasteiger partial charge in [0, 0.05) is 11.4 Å². The Labute approximate surface area is 100 Å². The molecule has 1 rings (SSSR count). The molecule has 1 N–H and O–H groups in total. The second-order valence-corrected chi connectivity index (χ2v) is 4.88. The SMILES string of the molecule is CCOC(=O)C(C)NCc1sc(C)nc1C. The van der Waals surface area contributed by atoms with Crippen molar-refractivity contribution in [2.75, 3.05) is 6.61 Å². The molecular weight excluding hydrogens is 224 g/mol. The van der Waals surface area contributed by atoms with Gasteiger partial charge in [-0.15, -0.1) is 11.3 Å². The zero-order valence-electron chi connectivity index (χ0n) is 10.2. The van der Waals surface area contributed by atoms with Crippen molar-refractivity contribution in [1.82, 2.24) is 10.3 Å². The highest BCUT2D eigenvalue weighted by molar-refractivity contribution is 7.11. The number of esters is 1. The summed E-state index contributed by atoms with van der Waals surface area (Å²) < 4.78 is 4.91. The molecule has 0 aliphatic heterocycles. The number of ether oxygens (including phenoxy) is 1. The van der Waals surface area contributed by atoms with Crippen LogP contribution in [0.1, 0.15) is 29.4 Å². The van der Waals surface area contributed by atoms with Gasteiger partial charge in [0.25, 0.3) is 0 Å². The van der Waals surface area contributed by atoms with E-state index in [0.29, 0.717) is 13.2 Å². The summed E-state index contributed by atoms with van der Waals surface area (Å²) in [6.07, 6.45) is 0. The molecule has 0 aliphatic carbocycles. The summed E-state index contributed by atoms with van der Waals surface area (Å²) in [4.78, 5) is 16.9. The molecule has 0 amide bonds. The van der Waals surface area contributed by atoms with Crippen molar-refractivity contribution in [2.45, 2.75) is 40.3 Å². The summed E-state index contributed by atoms with van der Waals surface area (Å²) in [7, 11) is 0. The van der Waals surface area contributed by atoms with Crippen LogP contribution in [-0.2, 0) is 16.1 Å². The van der Waals surface area contributed by atoms with E-state index in [4.69, 9.17) is 4.74 Å². The van der Waals surface area contributed by atoms with E-state index in [0.717, 1.165) is 10.7 Å². The molecule has 16 heavy (non-hydrogen) atoms. The van der Waals surface area contributed by atoms with Gasteiger partial charge in [-0.1, -0.05) is 0 Å². The maximum absolute atomic E-state index is 11.4. The Morgan fingerprint density at radius 3 is 2.75 bits per heavy atom. The molecule has 5 heteroatoms. The number of carbonyl (C=O) groups excluding carboxylic acids is 1. The van der Waals surface area contributed by atoms with Crippen molar-refractivity contribution in [3.63, 3.8) is 0 Å². The second-order valence-electron chi connectivity index (χ2n) is 3.60. The summed E-state index contributed by atoms with van der Waals surface area (Å²) in [6, 6.07) is -0.276. The van der Waals surface area contributed by atoms with Crippen molar-refractivity contribution in [1.29, 1.82) is 0 Å². The quantitative estimate of drug-likeness (QED) is 0.800. The first kappa shape index (κ1) is 13.1. The molecule has 1 atom stereocenters. The van der Waals surface area contributed by atoms with Gasteiger partial charge in [-0.2, -0.15) is 0 Å². The lowest BCUT2D eigenvalue weighted by Crippen LogP contribution is -2.34. The highest BCUT2D eigenvalue weighted by Gasteiger charge is 2.14. The Morgan fingerprint density at radius 2 is 2.25 bits per heavy atom. The van der Waals surface area contributed by atoms with Crippen LogP contribution >= 0.6 is 11.3 Å². The third-order valence-corrected chi connectivity index (χ3v) is 3.28. The van der Waals surface area contributed by atoms with Gasteiger partial charge in [-0.05, 0) is 27.7 Å². The van der Waals surface area contributed by atoms with E-state index in [-0.39, 0.29) is 12.0 Å². The molecule has 1 unspecified atom stereocenters. The van der Waals surface area contributed by atoms with Crippen molar-refractivity contribution in [2.24, 2.45) is 0 Å². The van der Waals surface area contributed by atoms with Gasteiger partial charge in [0.15, 0.2) is 0 Å². The summed E-state index contributed by atoms with van der Waals surface area (Å²) in [6.45, 7) is 8.66. The van der Waals surface area contributed by atoms with Gasteiger partial charge >= 0.3 is 5.97 Å². The van der Waals surface area contributed by atoms with Gasteiger partial charge in [0.05, 0.1) is 17.3 Å². The Kier molecular flexibility index (Phi) is 4.89. The Morgan fingerprint density at radius 1 is 1.56 bits per heavy atom. The summed E-state index contributed by atoms with van der Waals surface area (Å²) >= 11 is 1.66. The largest absolute Gasteiger partial charge is 0.465 e. The first-order valence-electron chi connectivity index (χ1n) is 5.37. The second kappa shape index (κ2) is 5.96. The lowest BCUT2D eigenvalue weighted by Gasteiger charge is -2.11. The van der Waals surface area contributed by atoms with Crippen molar-refractivity contribution >= 4 is 17.3 Å². The van der Waals surface area contributed by atoms with Crippen LogP contribution in [0, 0.1) is 13.8 Å². The van der Waals surface area contributed by atoms with E-state index in [2.05, 4.69) is 10.3 Å². The number of carbonyl (C=O) groups is 1. The maximum Gasteiger partial charge on any atom is 0.322 e. The number of rotatable bonds is 5. The number of aromatic nitrogens is 1. The number of nitrogens with one attached hydrogen (secondary N) is 1. The summed E-state index contributed by atoms with van der Waals surface area (Å²) in [5, 5.41) is 4.19. The number of aryl methyl sites for hydroxylation is 2. The molecule has 0 fully saturated rings. The van der Waals surface area contributed by atoms with Crippen LogP contribution in [0.4, 0.5) is 0 Å². The van der Waals surface area contributed by atoms with Gasteiger partial charge < -0.3 is 4.74 Å². The van der Waals surface area contributed by atoms with Gasteiger partial charge in [0.1, 0.15) is 6.04 Å². The van der Waals surface area contributed by atoms with Crippen LogP contribution in [0.25, 0.3) is 0 Å². The monoisotopic (exact) mass is 242 g/mol. The standard InChI is InChI=1S/C11H18N2O2S/c1-5-15-11(14)8(3)12-6-10-7(2)13-9(4)16-10/h8,12H,5-6H2,1-4H3. The van der Waals surface area contributed by atoms with E-state index in [1.54, 1.807) is 25.2 Å². The lowest BCUT2D eigenvalue weighted by atomic mass is 10.3. The smallest absolute Gasteiger partial charge is 0.322 e. The molecule has 1 heterocycles. The molecule has 0 aliphatic rings. The first-order valence-corrected chi connectivity index (χ1v) is 6.19. The fraction of sp³-hybridized carbons (Fsp3) is 0.636. The Hall–Kier alpha value is -0.940. The molecule has 0 bridgehead atoms. The van der Waals surface area contributed by atoms with Crippen LogP contribution in [0.3, 0.4) is 0 Å². The van der Waals surface area contributed by atoms with Crippen LogP contribution in [0.2, 0.25) is 0 Å². The zero-order chi connectivity index (χ0) is 12.1. The lowest BCUT2D eigenvalue weighted by molar-refractivity contribution is -0.145. The average molecular weight is 242 g/mol. The van der Waals surface area contributed by atoms with E-state index in [1.165, 1.54) is 4.88 Å². The molecule has 90 valence electrons. The third-order valence-electron chi connectivity index (χ3n) is 2.21. The minimum Gasteiger partial charge on any atom is -0.465 e. The molecule has 0 spiro atoms. The molecule has 0 aromatic carbocycles. The molecule has 0 saturated heterocycles. The van der Waals surface area contributed by atoms with E-state index < -0.39 is 0 Å². The zero-order valence-corrected chi connectivity index (χ0v) is 11.0. The fourth-order valence-electron chi connectivity index (χ4n) is 1.33. The van der Waals surface area contributed by atoms with Crippen molar-refractivity contribution < 1.29 is 9.53 Å². The van der Waals surface area contributed by atoms with Crippen molar-refractivity contribution in [3.05, 3.63) is 15.6 Å². The van der Waals surface area contributed by atoms with Crippen LogP contribution < -0.4 is 5.32 Å². The minimum atomic E-state index is -0.276. The summed E-state index contributed by atoms with van der Waals surface area (Å²) in [5.74, 6) is -0.207. The minimum absolute atomic E-state index is 0.207. The van der Waals surface area contributed by atoms with E-state index >= 15 is 0 Å². The average Bonchev–Trinajstić information content (AvgIpc) is 2.54.